The topological polar surface area (TPSA) is 38.3 Å². The molecule has 0 spiro atoms. The van der Waals surface area contributed by atoms with Gasteiger partial charge in [-0.25, -0.2) is 0 Å². The molecular weight excluding hydrogens is 294 g/mol. The van der Waals surface area contributed by atoms with Crippen LogP contribution in [-0.2, 0) is 16.1 Å². The fourth-order valence-electron chi connectivity index (χ4n) is 2.18. The van der Waals surface area contributed by atoms with Gasteiger partial charge in [-0.2, -0.15) is 0 Å². The summed E-state index contributed by atoms with van der Waals surface area (Å²) in [5.74, 6) is 0.837. The highest BCUT2D eigenvalue weighted by Gasteiger charge is 2.44. The van der Waals surface area contributed by atoms with Crippen molar-refractivity contribution in [3.05, 3.63) is 28.8 Å². The number of carbonyl (C=O) groups is 1. The van der Waals surface area contributed by atoms with Crippen molar-refractivity contribution < 1.29 is 9.53 Å². The summed E-state index contributed by atoms with van der Waals surface area (Å²) in [7, 11) is 3.37. The molecule has 3 nitrogen and oxygen atoms in total. The van der Waals surface area contributed by atoms with Gasteiger partial charge in [-0.05, 0) is 43.0 Å². The number of thioether (sulfide) groups is 1. The van der Waals surface area contributed by atoms with E-state index in [9.17, 15) is 4.79 Å². The van der Waals surface area contributed by atoms with Gasteiger partial charge in [-0.3, -0.25) is 4.79 Å². The van der Waals surface area contributed by atoms with E-state index in [0.717, 1.165) is 35.7 Å². The second-order valence-electron chi connectivity index (χ2n) is 5.29. The summed E-state index contributed by atoms with van der Waals surface area (Å²) >= 11 is 8.04. The molecule has 0 saturated heterocycles. The number of benzene rings is 1. The Morgan fingerprint density at radius 2 is 2.25 bits per heavy atom. The lowest BCUT2D eigenvalue weighted by molar-refractivity contribution is -0.141. The highest BCUT2D eigenvalue weighted by molar-refractivity contribution is 7.99. The number of ether oxygens (including phenoxy) is 1. The van der Waals surface area contributed by atoms with E-state index in [0.29, 0.717) is 6.42 Å². The van der Waals surface area contributed by atoms with Crippen molar-refractivity contribution in [3.8, 4) is 0 Å². The second-order valence-corrected chi connectivity index (χ2v) is 6.71. The number of hydrogen-bond donors (Lipinski definition) is 1. The zero-order valence-corrected chi connectivity index (χ0v) is 13.4. The van der Waals surface area contributed by atoms with Gasteiger partial charge in [0.1, 0.15) is 0 Å². The van der Waals surface area contributed by atoms with Crippen LogP contribution >= 0.6 is 23.4 Å². The highest BCUT2D eigenvalue weighted by atomic mass is 35.5. The molecule has 0 aliphatic heterocycles. The number of halogens is 1. The summed E-state index contributed by atoms with van der Waals surface area (Å²) in [5.41, 5.74) is 1.27. The summed E-state index contributed by atoms with van der Waals surface area (Å²) in [5, 5.41) is 3.94. The van der Waals surface area contributed by atoms with Crippen LogP contribution in [0.1, 0.15) is 24.8 Å². The number of carbonyl (C=O) groups excluding carboxylic acids is 1. The first-order chi connectivity index (χ1) is 9.60. The zero-order valence-electron chi connectivity index (χ0n) is 11.9. The molecular formula is C15H20ClNO2S. The average Bonchev–Trinajstić information content (AvgIpc) is 3.19. The molecule has 0 atom stereocenters. The molecule has 0 heterocycles. The molecule has 1 aromatic rings. The van der Waals surface area contributed by atoms with Crippen LogP contribution in [-0.4, -0.2) is 25.9 Å². The van der Waals surface area contributed by atoms with Crippen molar-refractivity contribution in [2.75, 3.05) is 19.9 Å². The minimum atomic E-state index is -0.107. The Balaban J connectivity index is 2.01. The molecule has 0 unspecified atom stereocenters. The van der Waals surface area contributed by atoms with Crippen molar-refractivity contribution in [3.63, 3.8) is 0 Å². The summed E-state index contributed by atoms with van der Waals surface area (Å²) in [4.78, 5) is 12.6. The largest absolute Gasteiger partial charge is 0.469 e. The van der Waals surface area contributed by atoms with Gasteiger partial charge >= 0.3 is 5.97 Å². The Hall–Kier alpha value is -0.710. The fourth-order valence-corrected chi connectivity index (χ4v) is 3.86. The van der Waals surface area contributed by atoms with Crippen LogP contribution in [0.4, 0.5) is 0 Å². The smallest absolute Gasteiger partial charge is 0.306 e. The monoisotopic (exact) mass is 313 g/mol. The SMILES string of the molecule is CNCc1c(Cl)cccc1SCC1(CC(=O)OC)CC1. The van der Waals surface area contributed by atoms with Crippen LogP contribution in [0.5, 0.6) is 0 Å². The predicted octanol–water partition coefficient (Wildman–Crippen LogP) is 3.49. The first-order valence-electron chi connectivity index (χ1n) is 6.72. The lowest BCUT2D eigenvalue weighted by atomic mass is 10.1. The lowest BCUT2D eigenvalue weighted by Gasteiger charge is -2.15. The summed E-state index contributed by atoms with van der Waals surface area (Å²) in [6.07, 6.45) is 2.74. The third-order valence-electron chi connectivity index (χ3n) is 3.67. The van der Waals surface area contributed by atoms with Crippen molar-refractivity contribution in [2.24, 2.45) is 5.41 Å². The normalized spacial score (nSPS) is 15.9. The van der Waals surface area contributed by atoms with Crippen molar-refractivity contribution in [1.29, 1.82) is 0 Å². The average molecular weight is 314 g/mol. The van der Waals surface area contributed by atoms with E-state index in [1.807, 2.05) is 19.2 Å². The van der Waals surface area contributed by atoms with Gasteiger partial charge in [0.25, 0.3) is 0 Å². The van der Waals surface area contributed by atoms with Crippen LogP contribution in [0.15, 0.2) is 23.1 Å². The van der Waals surface area contributed by atoms with Gasteiger partial charge < -0.3 is 10.1 Å². The van der Waals surface area contributed by atoms with Gasteiger partial charge in [0, 0.05) is 22.2 Å². The van der Waals surface area contributed by atoms with E-state index in [1.54, 1.807) is 11.8 Å². The number of hydrogen-bond acceptors (Lipinski definition) is 4. The molecule has 5 heteroatoms. The fraction of sp³-hybridized carbons (Fsp3) is 0.533. The maximum atomic E-state index is 11.4. The van der Waals surface area contributed by atoms with Crippen LogP contribution in [0.3, 0.4) is 0 Å². The molecule has 1 aliphatic rings. The molecule has 0 radical (unpaired) electrons. The van der Waals surface area contributed by atoms with E-state index >= 15 is 0 Å². The number of rotatable bonds is 7. The summed E-state index contributed by atoms with van der Waals surface area (Å²) in [6, 6.07) is 5.99. The van der Waals surface area contributed by atoms with E-state index in [4.69, 9.17) is 16.3 Å². The predicted molar refractivity (Wildman–Crippen MR) is 83.2 cm³/mol. The Morgan fingerprint density at radius 1 is 1.50 bits per heavy atom. The second kappa shape index (κ2) is 6.83. The summed E-state index contributed by atoms with van der Waals surface area (Å²) in [6.45, 7) is 0.756. The third-order valence-corrected chi connectivity index (χ3v) is 5.47. The quantitative estimate of drug-likeness (QED) is 0.617. The molecule has 0 bridgehead atoms. The highest BCUT2D eigenvalue weighted by Crippen LogP contribution is 2.52. The van der Waals surface area contributed by atoms with Crippen LogP contribution in [0.25, 0.3) is 0 Å². The van der Waals surface area contributed by atoms with E-state index < -0.39 is 0 Å². The molecule has 1 fully saturated rings. The Bertz CT molecular complexity index is 489. The van der Waals surface area contributed by atoms with Crippen molar-refractivity contribution in [1.82, 2.24) is 5.32 Å². The van der Waals surface area contributed by atoms with Gasteiger partial charge in [-0.1, -0.05) is 17.7 Å². The van der Waals surface area contributed by atoms with Gasteiger partial charge in [0.15, 0.2) is 0 Å². The van der Waals surface area contributed by atoms with Gasteiger partial charge in [-0.15, -0.1) is 11.8 Å². The molecule has 110 valence electrons. The van der Waals surface area contributed by atoms with Gasteiger partial charge in [0.2, 0.25) is 0 Å². The van der Waals surface area contributed by atoms with Crippen molar-refractivity contribution >= 4 is 29.3 Å². The number of esters is 1. The minimum Gasteiger partial charge on any atom is -0.469 e. The molecule has 20 heavy (non-hydrogen) atoms. The maximum absolute atomic E-state index is 11.4. The van der Waals surface area contributed by atoms with E-state index in [2.05, 4.69) is 11.4 Å². The van der Waals surface area contributed by atoms with Gasteiger partial charge in [0.05, 0.1) is 13.5 Å². The maximum Gasteiger partial charge on any atom is 0.306 e. The first-order valence-corrected chi connectivity index (χ1v) is 8.08. The molecule has 2 rings (SSSR count). The molecule has 0 amide bonds. The van der Waals surface area contributed by atoms with E-state index in [-0.39, 0.29) is 11.4 Å². The Labute approximate surface area is 129 Å². The third kappa shape index (κ3) is 3.90. The minimum absolute atomic E-state index is 0.107. The zero-order chi connectivity index (χ0) is 14.6. The number of nitrogens with one attached hydrogen (secondary N) is 1. The molecule has 1 aromatic carbocycles. The summed E-state index contributed by atoms with van der Waals surface area (Å²) < 4.78 is 4.78. The molecule has 1 aliphatic carbocycles. The Kier molecular flexibility index (Phi) is 5.35. The van der Waals surface area contributed by atoms with Crippen molar-refractivity contribution in [2.45, 2.75) is 30.7 Å². The molecule has 1 N–H and O–H groups in total. The van der Waals surface area contributed by atoms with Crippen LogP contribution in [0.2, 0.25) is 5.02 Å². The Morgan fingerprint density at radius 3 is 2.85 bits per heavy atom. The number of methoxy groups -OCH3 is 1. The molecule has 1 saturated carbocycles. The van der Waals surface area contributed by atoms with Crippen LogP contribution < -0.4 is 5.32 Å². The van der Waals surface area contributed by atoms with Crippen LogP contribution in [0, 0.1) is 5.41 Å². The first kappa shape index (κ1) is 15.7. The van der Waals surface area contributed by atoms with E-state index in [1.165, 1.54) is 12.0 Å². The lowest BCUT2D eigenvalue weighted by Crippen LogP contribution is -2.13. The standard InChI is InChI=1S/C15H20ClNO2S/c1-17-9-11-12(16)4-3-5-13(11)20-10-15(6-7-15)8-14(18)19-2/h3-5,17H,6-10H2,1-2H3. The molecule has 0 aromatic heterocycles.